The molecule has 2 heterocycles. The first kappa shape index (κ1) is 21.9. The lowest BCUT2D eigenvalue weighted by atomic mass is 10.1. The van der Waals surface area contributed by atoms with Gasteiger partial charge in [-0.3, -0.25) is 14.3 Å². The molecule has 9 nitrogen and oxygen atoms in total. The minimum Gasteiger partial charge on any atom is -0.324 e. The predicted octanol–water partition coefficient (Wildman–Crippen LogP) is 3.54. The van der Waals surface area contributed by atoms with Crippen LogP contribution in [0.25, 0.3) is 0 Å². The van der Waals surface area contributed by atoms with Gasteiger partial charge in [0.15, 0.2) is 0 Å². The van der Waals surface area contributed by atoms with Crippen LogP contribution in [0, 0.1) is 0 Å². The van der Waals surface area contributed by atoms with Crippen molar-refractivity contribution in [2.24, 2.45) is 0 Å². The Kier molecular flexibility index (Phi) is 6.58. The highest BCUT2D eigenvalue weighted by molar-refractivity contribution is 6.05. The quantitative estimate of drug-likeness (QED) is 0.433. The van der Waals surface area contributed by atoms with E-state index in [0.717, 1.165) is 11.3 Å². The molecule has 0 saturated heterocycles. The maximum atomic E-state index is 12.9. The van der Waals surface area contributed by atoms with Crippen molar-refractivity contribution < 1.29 is 9.59 Å². The monoisotopic (exact) mass is 443 g/mol. The van der Waals surface area contributed by atoms with Gasteiger partial charge in [0.1, 0.15) is 18.7 Å². The SMILES string of the molecule is CCc1c(C(=O)Nc2ccc(NC(=O)C(C)n3cncn3)cc2)cnn1Cc1ccccc1. The van der Waals surface area contributed by atoms with Gasteiger partial charge in [-0.05, 0) is 43.2 Å². The summed E-state index contributed by atoms with van der Waals surface area (Å²) in [6.07, 6.45) is 5.17. The molecular formula is C24H25N7O2. The normalized spacial score (nSPS) is 11.7. The zero-order valence-corrected chi connectivity index (χ0v) is 18.5. The molecule has 0 saturated carbocycles. The fourth-order valence-electron chi connectivity index (χ4n) is 3.49. The summed E-state index contributed by atoms with van der Waals surface area (Å²) in [5, 5.41) is 14.2. The molecule has 2 N–H and O–H groups in total. The molecule has 0 bridgehead atoms. The number of hydrogen-bond acceptors (Lipinski definition) is 5. The fraction of sp³-hybridized carbons (Fsp3) is 0.208. The summed E-state index contributed by atoms with van der Waals surface area (Å²) in [4.78, 5) is 29.1. The number of rotatable bonds is 8. The third-order valence-corrected chi connectivity index (χ3v) is 5.33. The van der Waals surface area contributed by atoms with Crippen LogP contribution < -0.4 is 10.6 Å². The largest absolute Gasteiger partial charge is 0.324 e. The van der Waals surface area contributed by atoms with Crippen LogP contribution in [0.4, 0.5) is 11.4 Å². The molecule has 9 heteroatoms. The van der Waals surface area contributed by atoms with Gasteiger partial charge in [0, 0.05) is 11.4 Å². The third-order valence-electron chi connectivity index (χ3n) is 5.33. The summed E-state index contributed by atoms with van der Waals surface area (Å²) in [6.45, 7) is 4.35. The standard InChI is InChI=1S/C24H25N7O2/c1-3-22-21(13-26-30(22)14-18-7-5-4-6-8-18)24(33)29-20-11-9-19(10-12-20)28-23(32)17(2)31-16-25-15-27-31/h4-13,15-17H,3,14H2,1-2H3,(H,28,32)(H,29,33). The van der Waals surface area contributed by atoms with Gasteiger partial charge in [-0.2, -0.15) is 10.2 Å². The van der Waals surface area contributed by atoms with Gasteiger partial charge in [0.2, 0.25) is 5.91 Å². The van der Waals surface area contributed by atoms with Crippen LogP contribution in [-0.2, 0) is 17.8 Å². The molecule has 33 heavy (non-hydrogen) atoms. The average molecular weight is 444 g/mol. The molecule has 0 fully saturated rings. The molecule has 168 valence electrons. The van der Waals surface area contributed by atoms with Crippen LogP contribution in [0.5, 0.6) is 0 Å². The molecule has 0 radical (unpaired) electrons. The van der Waals surface area contributed by atoms with Gasteiger partial charge in [-0.1, -0.05) is 37.3 Å². The molecule has 2 aromatic carbocycles. The fourth-order valence-corrected chi connectivity index (χ4v) is 3.49. The highest BCUT2D eigenvalue weighted by atomic mass is 16.2. The molecule has 2 amide bonds. The number of amides is 2. The van der Waals surface area contributed by atoms with E-state index in [9.17, 15) is 9.59 Å². The van der Waals surface area contributed by atoms with Crippen LogP contribution in [0.3, 0.4) is 0 Å². The second-order valence-electron chi connectivity index (χ2n) is 7.57. The lowest BCUT2D eigenvalue weighted by molar-refractivity contribution is -0.119. The van der Waals surface area contributed by atoms with Crippen LogP contribution in [0.1, 0.15) is 41.5 Å². The van der Waals surface area contributed by atoms with Gasteiger partial charge in [-0.25, -0.2) is 9.67 Å². The Bertz CT molecular complexity index is 1220. The van der Waals surface area contributed by atoms with Crippen molar-refractivity contribution in [1.29, 1.82) is 0 Å². The number of aromatic nitrogens is 5. The minimum atomic E-state index is -0.494. The summed E-state index contributed by atoms with van der Waals surface area (Å²) in [5.74, 6) is -0.432. The number of benzene rings is 2. The summed E-state index contributed by atoms with van der Waals surface area (Å²) in [7, 11) is 0. The van der Waals surface area contributed by atoms with Crippen molar-refractivity contribution in [3.63, 3.8) is 0 Å². The first-order valence-electron chi connectivity index (χ1n) is 10.7. The van der Waals surface area contributed by atoms with Crippen molar-refractivity contribution in [3.8, 4) is 0 Å². The molecule has 4 aromatic rings. The van der Waals surface area contributed by atoms with Crippen LogP contribution in [0.2, 0.25) is 0 Å². The van der Waals surface area contributed by atoms with E-state index in [1.165, 1.54) is 17.3 Å². The van der Waals surface area contributed by atoms with Crippen LogP contribution in [-0.4, -0.2) is 36.4 Å². The Morgan fingerprint density at radius 2 is 1.67 bits per heavy atom. The molecule has 0 aliphatic carbocycles. The van der Waals surface area contributed by atoms with E-state index in [-0.39, 0.29) is 11.8 Å². The number of nitrogens with one attached hydrogen (secondary N) is 2. The van der Waals surface area contributed by atoms with E-state index in [0.29, 0.717) is 29.9 Å². The number of hydrogen-bond donors (Lipinski definition) is 2. The van der Waals surface area contributed by atoms with E-state index >= 15 is 0 Å². The van der Waals surface area contributed by atoms with Gasteiger partial charge >= 0.3 is 0 Å². The second-order valence-corrected chi connectivity index (χ2v) is 7.57. The Hall–Kier alpha value is -4.27. The molecule has 0 spiro atoms. The van der Waals surface area contributed by atoms with Gasteiger partial charge in [0.05, 0.1) is 24.0 Å². The lowest BCUT2D eigenvalue weighted by Crippen LogP contribution is -2.24. The Labute approximate surface area is 191 Å². The zero-order valence-electron chi connectivity index (χ0n) is 18.5. The van der Waals surface area contributed by atoms with E-state index in [4.69, 9.17) is 0 Å². The van der Waals surface area contributed by atoms with Crippen molar-refractivity contribution in [3.05, 3.63) is 90.3 Å². The third kappa shape index (κ3) is 5.15. The van der Waals surface area contributed by atoms with Gasteiger partial charge in [-0.15, -0.1) is 0 Å². The molecule has 1 atom stereocenters. The molecule has 0 aliphatic rings. The van der Waals surface area contributed by atoms with Crippen molar-refractivity contribution in [2.75, 3.05) is 10.6 Å². The lowest BCUT2D eigenvalue weighted by Gasteiger charge is -2.13. The number of anilines is 2. The van der Waals surface area contributed by atoms with Crippen LogP contribution >= 0.6 is 0 Å². The summed E-state index contributed by atoms with van der Waals surface area (Å²) in [6, 6.07) is 16.5. The number of carbonyl (C=O) groups is 2. The van der Waals surface area contributed by atoms with E-state index in [1.807, 2.05) is 41.9 Å². The molecule has 1 unspecified atom stereocenters. The van der Waals surface area contributed by atoms with E-state index < -0.39 is 6.04 Å². The Morgan fingerprint density at radius 1 is 0.970 bits per heavy atom. The first-order chi connectivity index (χ1) is 16.0. The molecule has 4 rings (SSSR count). The van der Waals surface area contributed by atoms with Crippen molar-refractivity contribution in [2.45, 2.75) is 32.9 Å². The number of carbonyl (C=O) groups excluding carboxylic acids is 2. The summed E-state index contributed by atoms with van der Waals surface area (Å²) >= 11 is 0. The topological polar surface area (TPSA) is 107 Å². The maximum absolute atomic E-state index is 12.9. The van der Waals surface area contributed by atoms with Gasteiger partial charge in [0.25, 0.3) is 5.91 Å². The average Bonchev–Trinajstić information content (AvgIpc) is 3.50. The zero-order chi connectivity index (χ0) is 23.2. The Balaban J connectivity index is 1.40. The molecule has 2 aromatic heterocycles. The van der Waals surface area contributed by atoms with Crippen LogP contribution in [0.15, 0.2) is 73.4 Å². The molecular weight excluding hydrogens is 418 g/mol. The highest BCUT2D eigenvalue weighted by Crippen LogP contribution is 2.18. The smallest absolute Gasteiger partial charge is 0.259 e. The molecule has 0 aliphatic heterocycles. The van der Waals surface area contributed by atoms with E-state index in [2.05, 4.69) is 25.8 Å². The summed E-state index contributed by atoms with van der Waals surface area (Å²) < 4.78 is 3.34. The highest BCUT2D eigenvalue weighted by Gasteiger charge is 2.18. The van der Waals surface area contributed by atoms with Crippen molar-refractivity contribution in [1.82, 2.24) is 24.5 Å². The van der Waals surface area contributed by atoms with Crippen molar-refractivity contribution >= 4 is 23.2 Å². The van der Waals surface area contributed by atoms with Gasteiger partial charge < -0.3 is 10.6 Å². The first-order valence-corrected chi connectivity index (χ1v) is 10.7. The summed E-state index contributed by atoms with van der Waals surface area (Å²) in [5.41, 5.74) is 3.79. The predicted molar refractivity (Wildman–Crippen MR) is 125 cm³/mol. The van der Waals surface area contributed by atoms with E-state index in [1.54, 1.807) is 37.4 Å². The minimum absolute atomic E-state index is 0.212. The maximum Gasteiger partial charge on any atom is 0.259 e. The Morgan fingerprint density at radius 3 is 2.30 bits per heavy atom. The second kappa shape index (κ2) is 9.90. The number of nitrogens with zero attached hydrogens (tertiary/aromatic N) is 5.